The van der Waals surface area contributed by atoms with Gasteiger partial charge in [-0.25, -0.2) is 21.5 Å². The van der Waals surface area contributed by atoms with Crippen LogP contribution in [-0.2, 0) is 16.6 Å². The van der Waals surface area contributed by atoms with Crippen molar-refractivity contribution in [2.75, 3.05) is 25.9 Å². The van der Waals surface area contributed by atoms with Gasteiger partial charge in [-0.3, -0.25) is 4.90 Å². The summed E-state index contributed by atoms with van der Waals surface area (Å²) in [7, 11) is -3.21. The van der Waals surface area contributed by atoms with Crippen molar-refractivity contribution in [1.29, 1.82) is 0 Å². The van der Waals surface area contributed by atoms with E-state index in [1.807, 2.05) is 0 Å². The molecule has 1 aromatic carbocycles. The first-order chi connectivity index (χ1) is 10.9. The fourth-order valence-electron chi connectivity index (χ4n) is 3.76. The van der Waals surface area contributed by atoms with E-state index in [2.05, 4.69) is 4.90 Å². The summed E-state index contributed by atoms with van der Waals surface area (Å²) in [6.45, 7) is 2.09. The van der Waals surface area contributed by atoms with Gasteiger partial charge in [0.1, 0.15) is 0 Å². The standard InChI is InChI=1S/C16H22F2N2O2S/c1-23(21,22)20-10-12-5-2-3-8-19(15(12)11-20)9-13-6-4-7-14(17)16(13)18/h4,6-7,12,15H,2-3,5,8-11H2,1H3/t12-,15+/m0/s1. The van der Waals surface area contributed by atoms with Crippen molar-refractivity contribution in [2.24, 2.45) is 5.92 Å². The van der Waals surface area contributed by atoms with E-state index >= 15 is 0 Å². The lowest BCUT2D eigenvalue weighted by atomic mass is 9.98. The van der Waals surface area contributed by atoms with Crippen LogP contribution in [0.4, 0.5) is 8.78 Å². The summed E-state index contributed by atoms with van der Waals surface area (Å²) in [6.07, 6.45) is 4.26. The molecule has 2 heterocycles. The highest BCUT2D eigenvalue weighted by molar-refractivity contribution is 7.88. The average Bonchev–Trinajstić information content (AvgIpc) is 2.83. The number of fused-ring (bicyclic) bond motifs is 1. The number of hydrogen-bond donors (Lipinski definition) is 0. The number of sulfonamides is 1. The molecular formula is C16H22F2N2O2S. The van der Waals surface area contributed by atoms with Crippen molar-refractivity contribution < 1.29 is 17.2 Å². The summed E-state index contributed by atoms with van der Waals surface area (Å²) in [5.74, 6) is -1.37. The number of hydrogen-bond acceptors (Lipinski definition) is 3. The molecule has 1 aromatic rings. The van der Waals surface area contributed by atoms with Gasteiger partial charge in [-0.15, -0.1) is 0 Å². The predicted octanol–water partition coefficient (Wildman–Crippen LogP) is 2.21. The van der Waals surface area contributed by atoms with Crippen LogP contribution in [0.5, 0.6) is 0 Å². The fourth-order valence-corrected chi connectivity index (χ4v) is 4.64. The summed E-state index contributed by atoms with van der Waals surface area (Å²) in [5.41, 5.74) is 0.337. The number of likely N-dealkylation sites (tertiary alicyclic amines) is 1. The average molecular weight is 344 g/mol. The summed E-state index contributed by atoms with van der Waals surface area (Å²) < 4.78 is 52.5. The van der Waals surface area contributed by atoms with Gasteiger partial charge >= 0.3 is 0 Å². The summed E-state index contributed by atoms with van der Waals surface area (Å²) in [4.78, 5) is 2.13. The molecule has 3 rings (SSSR count). The van der Waals surface area contributed by atoms with E-state index in [0.717, 1.165) is 31.9 Å². The lowest BCUT2D eigenvalue weighted by molar-refractivity contribution is 0.174. The molecule has 2 atom stereocenters. The Hall–Kier alpha value is -1.05. The van der Waals surface area contributed by atoms with Gasteiger partial charge in [0, 0.05) is 31.2 Å². The van der Waals surface area contributed by atoms with Gasteiger partial charge in [0.2, 0.25) is 10.0 Å². The van der Waals surface area contributed by atoms with Gasteiger partial charge in [0.25, 0.3) is 0 Å². The molecule has 0 radical (unpaired) electrons. The first kappa shape index (κ1) is 16.8. The van der Waals surface area contributed by atoms with E-state index in [1.165, 1.54) is 16.6 Å². The second-order valence-corrected chi connectivity index (χ2v) is 8.57. The molecule has 2 fully saturated rings. The van der Waals surface area contributed by atoms with Crippen LogP contribution in [0.1, 0.15) is 24.8 Å². The summed E-state index contributed by atoms with van der Waals surface area (Å²) in [5, 5.41) is 0. The normalized spacial score (nSPS) is 26.9. The van der Waals surface area contributed by atoms with E-state index in [9.17, 15) is 17.2 Å². The first-order valence-electron chi connectivity index (χ1n) is 7.98. The third kappa shape index (κ3) is 3.56. The highest BCUT2D eigenvalue weighted by atomic mass is 32.2. The largest absolute Gasteiger partial charge is 0.294 e. The highest BCUT2D eigenvalue weighted by Gasteiger charge is 2.40. The monoisotopic (exact) mass is 344 g/mol. The molecule has 0 N–H and O–H groups in total. The zero-order valence-electron chi connectivity index (χ0n) is 13.2. The molecule has 4 nitrogen and oxygen atoms in total. The van der Waals surface area contributed by atoms with Crippen LogP contribution in [0.25, 0.3) is 0 Å². The number of nitrogens with zero attached hydrogens (tertiary/aromatic N) is 2. The SMILES string of the molecule is CS(=O)(=O)N1C[C@@H]2CCCCN(Cc3cccc(F)c3F)[C@@H]2C1. The Morgan fingerprint density at radius 2 is 2.00 bits per heavy atom. The van der Waals surface area contributed by atoms with Crippen molar-refractivity contribution in [3.8, 4) is 0 Å². The molecule has 7 heteroatoms. The van der Waals surface area contributed by atoms with Crippen LogP contribution in [0.3, 0.4) is 0 Å². The van der Waals surface area contributed by atoms with Crippen molar-refractivity contribution in [3.63, 3.8) is 0 Å². The number of rotatable bonds is 3. The third-order valence-electron chi connectivity index (χ3n) is 4.99. The topological polar surface area (TPSA) is 40.6 Å². The van der Waals surface area contributed by atoms with Crippen molar-refractivity contribution in [3.05, 3.63) is 35.4 Å². The summed E-state index contributed by atoms with van der Waals surface area (Å²) in [6, 6.07) is 4.31. The van der Waals surface area contributed by atoms with E-state index < -0.39 is 21.7 Å². The lowest BCUT2D eigenvalue weighted by Gasteiger charge is -2.30. The van der Waals surface area contributed by atoms with Gasteiger partial charge in [-0.1, -0.05) is 18.6 Å². The van der Waals surface area contributed by atoms with Gasteiger partial charge in [0.15, 0.2) is 11.6 Å². The second-order valence-electron chi connectivity index (χ2n) is 6.59. The van der Waals surface area contributed by atoms with Gasteiger partial charge in [-0.05, 0) is 31.4 Å². The molecule has 0 aliphatic carbocycles. The van der Waals surface area contributed by atoms with Crippen LogP contribution in [0.15, 0.2) is 18.2 Å². The molecule has 2 aliphatic rings. The second kappa shape index (κ2) is 6.45. The first-order valence-corrected chi connectivity index (χ1v) is 9.83. The van der Waals surface area contributed by atoms with Crippen LogP contribution in [0, 0.1) is 17.6 Å². The lowest BCUT2D eigenvalue weighted by Crippen LogP contribution is -2.40. The van der Waals surface area contributed by atoms with E-state index in [0.29, 0.717) is 25.2 Å². The molecule has 23 heavy (non-hydrogen) atoms. The molecular weight excluding hydrogens is 322 g/mol. The predicted molar refractivity (Wildman–Crippen MR) is 84.3 cm³/mol. The minimum absolute atomic E-state index is 0.0786. The van der Waals surface area contributed by atoms with Gasteiger partial charge in [-0.2, -0.15) is 0 Å². The Kier molecular flexibility index (Phi) is 4.71. The minimum Gasteiger partial charge on any atom is -0.294 e. The zero-order valence-corrected chi connectivity index (χ0v) is 14.0. The Bertz CT molecular complexity index is 681. The molecule has 0 spiro atoms. The zero-order chi connectivity index (χ0) is 16.6. The van der Waals surface area contributed by atoms with Gasteiger partial charge in [0.05, 0.1) is 6.26 Å². The molecule has 2 aliphatic heterocycles. The van der Waals surface area contributed by atoms with Crippen LogP contribution < -0.4 is 0 Å². The van der Waals surface area contributed by atoms with Gasteiger partial charge < -0.3 is 0 Å². The van der Waals surface area contributed by atoms with Crippen LogP contribution >= 0.6 is 0 Å². The van der Waals surface area contributed by atoms with Crippen molar-refractivity contribution >= 4 is 10.0 Å². The molecule has 0 amide bonds. The Labute approximate surface area is 136 Å². The summed E-state index contributed by atoms with van der Waals surface area (Å²) >= 11 is 0. The Morgan fingerprint density at radius 3 is 2.74 bits per heavy atom. The van der Waals surface area contributed by atoms with Crippen LogP contribution in [-0.4, -0.2) is 49.6 Å². The molecule has 128 valence electrons. The smallest absolute Gasteiger partial charge is 0.211 e. The van der Waals surface area contributed by atoms with E-state index in [4.69, 9.17) is 0 Å². The molecule has 2 saturated heterocycles. The van der Waals surface area contributed by atoms with Crippen LogP contribution in [0.2, 0.25) is 0 Å². The number of benzene rings is 1. The minimum atomic E-state index is -3.21. The van der Waals surface area contributed by atoms with E-state index in [-0.39, 0.29) is 12.0 Å². The maximum Gasteiger partial charge on any atom is 0.211 e. The molecule has 0 bridgehead atoms. The fraction of sp³-hybridized carbons (Fsp3) is 0.625. The highest BCUT2D eigenvalue weighted by Crippen LogP contribution is 2.32. The van der Waals surface area contributed by atoms with Crippen molar-refractivity contribution in [2.45, 2.75) is 31.8 Å². The molecule has 0 aromatic heterocycles. The Morgan fingerprint density at radius 1 is 1.22 bits per heavy atom. The van der Waals surface area contributed by atoms with Crippen molar-refractivity contribution in [1.82, 2.24) is 9.21 Å². The Balaban J connectivity index is 1.82. The maximum atomic E-state index is 14.0. The number of halogens is 2. The molecule has 0 saturated carbocycles. The maximum absolute atomic E-state index is 14.0. The third-order valence-corrected chi connectivity index (χ3v) is 6.22. The quantitative estimate of drug-likeness (QED) is 0.844. The molecule has 0 unspecified atom stereocenters. The van der Waals surface area contributed by atoms with E-state index in [1.54, 1.807) is 6.07 Å².